The molecule has 2 N–H and O–H groups in total. The summed E-state index contributed by atoms with van der Waals surface area (Å²) in [5, 5.41) is 11.7. The third-order valence-electron chi connectivity index (χ3n) is 3.63. The molecule has 7 heteroatoms. The summed E-state index contributed by atoms with van der Waals surface area (Å²) < 4.78 is 13.5. The summed E-state index contributed by atoms with van der Waals surface area (Å²) in [4.78, 5) is 24.8. The maximum absolute atomic E-state index is 13.5. The lowest BCUT2D eigenvalue weighted by Gasteiger charge is -2.36. The van der Waals surface area contributed by atoms with Gasteiger partial charge < -0.3 is 15.3 Å². The number of fused-ring (bicyclic) bond motifs is 1. The smallest absolute Gasteiger partial charge is 0.338 e. The average molecular weight is 332 g/mol. The maximum atomic E-state index is 13.5. The highest BCUT2D eigenvalue weighted by molar-refractivity contribution is 7.81. The van der Waals surface area contributed by atoms with Gasteiger partial charge in [0.1, 0.15) is 11.3 Å². The summed E-state index contributed by atoms with van der Waals surface area (Å²) in [7, 11) is 0. The van der Waals surface area contributed by atoms with Crippen LogP contribution < -0.4 is 10.2 Å². The molecule has 0 saturated heterocycles. The number of carboxylic acids is 1. The van der Waals surface area contributed by atoms with E-state index in [0.717, 1.165) is 6.07 Å². The Balaban J connectivity index is 1.97. The zero-order valence-corrected chi connectivity index (χ0v) is 12.8. The first-order chi connectivity index (χ1) is 11.0. The first-order valence-electron chi connectivity index (χ1n) is 6.83. The number of aromatic carboxylic acids is 1. The molecule has 5 nitrogen and oxygen atoms in total. The number of rotatable bonds is 3. The van der Waals surface area contributed by atoms with E-state index in [1.165, 1.54) is 12.1 Å². The van der Waals surface area contributed by atoms with E-state index in [1.54, 1.807) is 29.2 Å². The second-order valence-electron chi connectivity index (χ2n) is 5.11. The zero-order valence-electron chi connectivity index (χ0n) is 11.9. The van der Waals surface area contributed by atoms with E-state index in [0.29, 0.717) is 16.8 Å². The fourth-order valence-corrected chi connectivity index (χ4v) is 2.85. The molecule has 1 aliphatic rings. The lowest BCUT2D eigenvalue weighted by atomic mass is 10.1. The van der Waals surface area contributed by atoms with E-state index >= 15 is 0 Å². The molecule has 2 aromatic carbocycles. The molecule has 0 saturated carbocycles. The highest BCUT2D eigenvalue weighted by Crippen LogP contribution is 2.29. The fourth-order valence-electron chi connectivity index (χ4n) is 2.52. The highest BCUT2D eigenvalue weighted by atomic mass is 32.1. The largest absolute Gasteiger partial charge is 0.478 e. The molecule has 0 aliphatic carbocycles. The molecule has 1 unspecified atom stereocenters. The number of carboxylic acid groups (broad SMARTS) is 1. The van der Waals surface area contributed by atoms with Crippen molar-refractivity contribution in [1.82, 2.24) is 5.32 Å². The zero-order chi connectivity index (χ0) is 16.6. The Morgan fingerprint density at radius 2 is 2.04 bits per heavy atom. The maximum Gasteiger partial charge on any atom is 0.338 e. The summed E-state index contributed by atoms with van der Waals surface area (Å²) >= 11 is 4.36. The summed E-state index contributed by atoms with van der Waals surface area (Å²) in [5.41, 5.74) is 0.868. The fraction of sp³-hybridized carbons (Fsp3) is 0.125. The molecule has 23 heavy (non-hydrogen) atoms. The average Bonchev–Trinajstić information content (AvgIpc) is 2.52. The van der Waals surface area contributed by atoms with E-state index in [4.69, 9.17) is 5.11 Å². The minimum Gasteiger partial charge on any atom is -0.478 e. The van der Waals surface area contributed by atoms with Gasteiger partial charge in [0.15, 0.2) is 0 Å². The molecule has 2 aromatic rings. The Bertz CT molecular complexity index is 797. The Morgan fingerprint density at radius 3 is 2.78 bits per heavy atom. The number of hydrogen-bond acceptors (Lipinski definition) is 4. The monoisotopic (exact) mass is 332 g/mol. The van der Waals surface area contributed by atoms with Gasteiger partial charge in [-0.1, -0.05) is 18.2 Å². The SMILES string of the molecule is O=C(O)c1cc(CN2c3ccccc3C(=O)NC2S)ccc1F. The number of carbonyl (C=O) groups excluding carboxylic acids is 1. The van der Waals surface area contributed by atoms with Crippen molar-refractivity contribution in [3.8, 4) is 0 Å². The Morgan fingerprint density at radius 1 is 1.30 bits per heavy atom. The number of nitrogens with one attached hydrogen (secondary N) is 1. The molecule has 0 spiro atoms. The van der Waals surface area contributed by atoms with Crippen LogP contribution in [0.25, 0.3) is 0 Å². The van der Waals surface area contributed by atoms with Crippen molar-refractivity contribution in [3.05, 3.63) is 65.0 Å². The number of carbonyl (C=O) groups is 2. The summed E-state index contributed by atoms with van der Waals surface area (Å²) in [5.74, 6) is -2.32. The second kappa shape index (κ2) is 5.92. The van der Waals surface area contributed by atoms with Gasteiger partial charge in [0.2, 0.25) is 0 Å². The minimum absolute atomic E-state index is 0.220. The van der Waals surface area contributed by atoms with Gasteiger partial charge in [-0.2, -0.15) is 0 Å². The Labute approximate surface area is 137 Å². The van der Waals surface area contributed by atoms with Crippen molar-refractivity contribution >= 4 is 30.2 Å². The molecule has 1 amide bonds. The molecule has 0 bridgehead atoms. The number of thiol groups is 1. The molecule has 0 aromatic heterocycles. The molecule has 1 aliphatic heterocycles. The first-order valence-corrected chi connectivity index (χ1v) is 7.35. The lowest BCUT2D eigenvalue weighted by molar-refractivity contribution is 0.0691. The number of benzene rings is 2. The Kier molecular flexibility index (Phi) is 3.96. The van der Waals surface area contributed by atoms with Crippen LogP contribution in [0, 0.1) is 5.82 Å². The first kappa shape index (κ1) is 15.4. The Hall–Kier alpha value is -2.54. The van der Waals surface area contributed by atoms with Crippen molar-refractivity contribution in [3.63, 3.8) is 0 Å². The van der Waals surface area contributed by atoms with Crippen LogP contribution in [0.15, 0.2) is 42.5 Å². The molecule has 118 valence electrons. The van der Waals surface area contributed by atoms with Crippen molar-refractivity contribution in [2.45, 2.75) is 12.0 Å². The van der Waals surface area contributed by atoms with Crippen molar-refractivity contribution in [1.29, 1.82) is 0 Å². The van der Waals surface area contributed by atoms with Crippen LogP contribution in [-0.4, -0.2) is 22.5 Å². The topological polar surface area (TPSA) is 69.6 Å². The van der Waals surface area contributed by atoms with Crippen LogP contribution in [0.3, 0.4) is 0 Å². The number of halogens is 1. The third-order valence-corrected chi connectivity index (χ3v) is 4.04. The summed E-state index contributed by atoms with van der Waals surface area (Å²) in [6.07, 6.45) is 0. The summed E-state index contributed by atoms with van der Waals surface area (Å²) in [6, 6.07) is 11.0. The van der Waals surface area contributed by atoms with Crippen molar-refractivity contribution in [2.24, 2.45) is 0 Å². The standard InChI is InChI=1S/C16H13FN2O3S/c17-12-6-5-9(7-11(12)15(21)22)8-19-13-4-2-1-3-10(13)14(20)18-16(19)23/h1-7,16,23H,8H2,(H,18,20)(H,21,22). The molecular formula is C16H13FN2O3S. The predicted octanol–water partition coefficient (Wildman–Crippen LogP) is 2.49. The number of amides is 1. The van der Waals surface area contributed by atoms with Gasteiger partial charge in [0.05, 0.1) is 16.8 Å². The second-order valence-corrected chi connectivity index (χ2v) is 5.60. The molecule has 0 fully saturated rings. The quantitative estimate of drug-likeness (QED) is 0.756. The third kappa shape index (κ3) is 2.87. The minimum atomic E-state index is -1.32. The van der Waals surface area contributed by atoms with Gasteiger partial charge in [-0.3, -0.25) is 4.79 Å². The van der Waals surface area contributed by atoms with Gasteiger partial charge in [-0.15, -0.1) is 12.6 Å². The van der Waals surface area contributed by atoms with Gasteiger partial charge in [-0.25, -0.2) is 9.18 Å². The van der Waals surface area contributed by atoms with Gasteiger partial charge in [0.25, 0.3) is 5.91 Å². The molecule has 0 radical (unpaired) electrons. The molecular weight excluding hydrogens is 319 g/mol. The van der Waals surface area contributed by atoms with E-state index in [9.17, 15) is 14.0 Å². The molecule has 3 rings (SSSR count). The van der Waals surface area contributed by atoms with Crippen LogP contribution in [0.2, 0.25) is 0 Å². The number of anilines is 1. The summed E-state index contributed by atoms with van der Waals surface area (Å²) in [6.45, 7) is 0.284. The number of hydrogen-bond donors (Lipinski definition) is 3. The van der Waals surface area contributed by atoms with Crippen LogP contribution in [0.5, 0.6) is 0 Å². The van der Waals surface area contributed by atoms with Gasteiger partial charge in [-0.05, 0) is 29.8 Å². The van der Waals surface area contributed by atoms with Crippen molar-refractivity contribution in [2.75, 3.05) is 4.90 Å². The van der Waals surface area contributed by atoms with E-state index in [1.807, 2.05) is 0 Å². The van der Waals surface area contributed by atoms with Crippen LogP contribution in [0.1, 0.15) is 26.3 Å². The van der Waals surface area contributed by atoms with Crippen LogP contribution in [-0.2, 0) is 6.54 Å². The molecule has 1 atom stereocenters. The van der Waals surface area contributed by atoms with Crippen LogP contribution in [0.4, 0.5) is 10.1 Å². The van der Waals surface area contributed by atoms with Crippen LogP contribution >= 0.6 is 12.6 Å². The lowest BCUT2D eigenvalue weighted by Crippen LogP contribution is -2.49. The number of para-hydroxylation sites is 1. The van der Waals surface area contributed by atoms with Crippen molar-refractivity contribution < 1.29 is 19.1 Å². The predicted molar refractivity (Wildman–Crippen MR) is 86.2 cm³/mol. The van der Waals surface area contributed by atoms with E-state index < -0.39 is 17.3 Å². The van der Waals surface area contributed by atoms with Gasteiger partial charge in [0, 0.05) is 6.54 Å². The van der Waals surface area contributed by atoms with E-state index in [-0.39, 0.29) is 18.0 Å². The highest BCUT2D eigenvalue weighted by Gasteiger charge is 2.28. The van der Waals surface area contributed by atoms with E-state index in [2.05, 4.69) is 17.9 Å². The normalized spacial score (nSPS) is 16.7. The number of nitrogens with zero attached hydrogens (tertiary/aromatic N) is 1. The van der Waals surface area contributed by atoms with Gasteiger partial charge >= 0.3 is 5.97 Å². The molecule has 1 heterocycles.